The van der Waals surface area contributed by atoms with Crippen LogP contribution in [0.1, 0.15) is 5.56 Å². The van der Waals surface area contributed by atoms with Gasteiger partial charge in [0.2, 0.25) is 0 Å². The third-order valence-electron chi connectivity index (χ3n) is 19.3. The van der Waals surface area contributed by atoms with Gasteiger partial charge in [-0.1, -0.05) is 206 Å². The summed E-state index contributed by atoms with van der Waals surface area (Å²) in [4.78, 5) is 4.19. The lowest BCUT2D eigenvalue weighted by molar-refractivity contribution is 1.04. The maximum Gasteiger partial charge on any atom is 0.187 e. The number of para-hydroxylation sites is 9. The number of nitrogens with zero attached hydrogens (tertiary/aromatic N) is 7. The maximum absolute atomic E-state index is 11.1. The van der Waals surface area contributed by atoms with Gasteiger partial charge in [0.05, 0.1) is 96.1 Å². The molecule has 7 nitrogen and oxygen atoms in total. The van der Waals surface area contributed by atoms with E-state index in [0.717, 1.165) is 160 Å². The number of fused-ring (bicyclic) bond motifs is 15. The van der Waals surface area contributed by atoms with Crippen molar-refractivity contribution in [2.24, 2.45) is 0 Å². The summed E-state index contributed by atoms with van der Waals surface area (Å²) in [6, 6.07) is 114. The van der Waals surface area contributed by atoms with E-state index in [1.807, 2.05) is 24.3 Å². The molecule has 5 aromatic heterocycles. The van der Waals surface area contributed by atoms with Gasteiger partial charge in [-0.05, 0) is 125 Å². The van der Waals surface area contributed by atoms with Crippen molar-refractivity contribution in [3.8, 4) is 67.9 Å². The average molecular weight is 1180 g/mol. The standard InChI is InChI=1S/C86H51N7/c1-88-59-26-22-25-58(50-59)82-83(90-72-38-14-5-29-61(72)62-30-6-15-39-73(62)90)81(57-24-21-23-54(49-57)53-87)84(91-74-40-16-7-31-63(74)64-32-8-17-41-75(64)91)86(85(82)92-76-42-18-9-33-65(76)66-34-10-19-43-77(66)92)93-78-44-20-12-36-68(78)70-52-56(46-48-80(70)93)55-45-47-79-69(51-55)67-35-11-13-37-71(67)89(79)60-27-3-2-4-28-60/h2-52H. The molecule has 0 spiro atoms. The average Bonchev–Trinajstić information content (AvgIpc) is 1.56. The maximum atomic E-state index is 11.1. The summed E-state index contributed by atoms with van der Waals surface area (Å²) >= 11 is 0. The van der Waals surface area contributed by atoms with Crippen molar-refractivity contribution in [3.05, 3.63) is 326 Å². The lowest BCUT2D eigenvalue weighted by atomic mass is 9.89. The summed E-state index contributed by atoms with van der Waals surface area (Å²) in [6.45, 7) is 8.73. The normalized spacial score (nSPS) is 11.8. The lowest BCUT2D eigenvalue weighted by Gasteiger charge is -2.31. The highest BCUT2D eigenvalue weighted by Crippen LogP contribution is 2.55. The molecule has 0 bridgehead atoms. The van der Waals surface area contributed by atoms with Gasteiger partial charge in [-0.3, -0.25) is 0 Å². The van der Waals surface area contributed by atoms with Crippen LogP contribution < -0.4 is 0 Å². The molecule has 0 radical (unpaired) electrons. The lowest BCUT2D eigenvalue weighted by Crippen LogP contribution is -2.16. The predicted molar refractivity (Wildman–Crippen MR) is 385 cm³/mol. The van der Waals surface area contributed by atoms with Gasteiger partial charge >= 0.3 is 0 Å². The number of nitriles is 1. The van der Waals surface area contributed by atoms with Gasteiger partial charge in [0.25, 0.3) is 0 Å². The molecule has 7 heteroatoms. The number of benzene rings is 14. The molecule has 0 N–H and O–H groups in total. The number of aromatic nitrogens is 5. The minimum absolute atomic E-state index is 0.516. The Balaban J connectivity index is 1.07. The summed E-state index contributed by atoms with van der Waals surface area (Å²) in [5.41, 5.74) is 22.0. The van der Waals surface area contributed by atoms with Crippen molar-refractivity contribution >= 4 is 115 Å². The summed E-state index contributed by atoms with van der Waals surface area (Å²) in [7, 11) is 0. The Bertz CT molecular complexity index is 6110. The Morgan fingerprint density at radius 1 is 0.247 bits per heavy atom. The smallest absolute Gasteiger partial charge is 0.187 e. The first-order valence-electron chi connectivity index (χ1n) is 31.4. The van der Waals surface area contributed by atoms with Crippen LogP contribution >= 0.6 is 0 Å². The van der Waals surface area contributed by atoms with E-state index in [0.29, 0.717) is 11.3 Å². The molecule has 19 rings (SSSR count). The van der Waals surface area contributed by atoms with E-state index >= 15 is 0 Å². The van der Waals surface area contributed by atoms with Crippen molar-refractivity contribution in [3.63, 3.8) is 0 Å². The van der Waals surface area contributed by atoms with Crippen molar-refractivity contribution in [2.45, 2.75) is 0 Å². The van der Waals surface area contributed by atoms with Crippen molar-refractivity contribution in [2.75, 3.05) is 0 Å². The summed E-state index contributed by atoms with van der Waals surface area (Å²) < 4.78 is 12.4. The molecule has 0 unspecified atom stereocenters. The number of hydrogen-bond donors (Lipinski definition) is 0. The Kier molecular flexibility index (Phi) is 11.4. The van der Waals surface area contributed by atoms with Crippen LogP contribution in [0.25, 0.3) is 176 Å². The van der Waals surface area contributed by atoms with E-state index in [4.69, 9.17) is 6.57 Å². The van der Waals surface area contributed by atoms with Gasteiger partial charge in [-0.15, -0.1) is 0 Å². The second-order valence-electron chi connectivity index (χ2n) is 24.1. The monoisotopic (exact) mass is 1180 g/mol. The zero-order valence-electron chi connectivity index (χ0n) is 50.1. The van der Waals surface area contributed by atoms with Crippen LogP contribution in [-0.4, -0.2) is 22.8 Å². The minimum Gasteiger partial charge on any atom is -0.309 e. The van der Waals surface area contributed by atoms with Gasteiger partial charge in [0, 0.05) is 70.7 Å². The second kappa shape index (κ2) is 20.3. The Hall–Kier alpha value is -12.9. The molecule has 93 heavy (non-hydrogen) atoms. The van der Waals surface area contributed by atoms with Crippen LogP contribution in [0.15, 0.2) is 309 Å². The molecule has 0 saturated heterocycles. The van der Waals surface area contributed by atoms with Crippen LogP contribution in [0.5, 0.6) is 0 Å². The Morgan fingerprint density at radius 3 is 0.978 bits per heavy atom. The fourth-order valence-corrected chi connectivity index (χ4v) is 15.5. The highest BCUT2D eigenvalue weighted by atomic mass is 15.1. The molecule has 0 aliphatic rings. The fourth-order valence-electron chi connectivity index (χ4n) is 15.5. The zero-order chi connectivity index (χ0) is 61.4. The first-order valence-corrected chi connectivity index (χ1v) is 31.4. The van der Waals surface area contributed by atoms with Gasteiger partial charge in [-0.25, -0.2) is 4.85 Å². The summed E-state index contributed by atoms with van der Waals surface area (Å²) in [5, 5.41) is 22.3. The SMILES string of the molecule is [C-]#[N+]c1cccc(-c2c(-n3c4ccccc4c4ccccc43)c(-c3cccc(C#N)c3)c(-n3c4ccccc4c4ccccc43)c(-n3c4ccccc4c4cc(-c5ccc6c(c5)c5ccccc5n6-c5ccccc5)ccc43)c2-n2c3ccccc3c3ccccc32)c1. The van der Waals surface area contributed by atoms with Crippen LogP contribution in [0.4, 0.5) is 5.69 Å². The molecule has 19 aromatic rings. The van der Waals surface area contributed by atoms with Crippen molar-refractivity contribution < 1.29 is 0 Å². The quantitative estimate of drug-likeness (QED) is 0.140. The van der Waals surface area contributed by atoms with E-state index in [2.05, 4.69) is 319 Å². The molecule has 0 amide bonds. The van der Waals surface area contributed by atoms with Gasteiger partial charge in [0.1, 0.15) is 0 Å². The third kappa shape index (κ3) is 7.57. The van der Waals surface area contributed by atoms with E-state index in [1.165, 1.54) is 10.8 Å². The van der Waals surface area contributed by atoms with Gasteiger partial charge in [0.15, 0.2) is 5.69 Å². The molecule has 0 aliphatic carbocycles. The molecule has 0 aliphatic heterocycles. The molecule has 0 fully saturated rings. The first kappa shape index (κ1) is 52.0. The highest BCUT2D eigenvalue weighted by molar-refractivity contribution is 6.19. The highest BCUT2D eigenvalue weighted by Gasteiger charge is 2.36. The number of hydrogen-bond acceptors (Lipinski definition) is 1. The summed E-state index contributed by atoms with van der Waals surface area (Å²) in [5.74, 6) is 0. The van der Waals surface area contributed by atoms with E-state index in [-0.39, 0.29) is 0 Å². The topological polar surface area (TPSA) is 52.8 Å². The molecule has 0 saturated carbocycles. The largest absolute Gasteiger partial charge is 0.309 e. The van der Waals surface area contributed by atoms with Crippen molar-refractivity contribution in [1.82, 2.24) is 22.8 Å². The fraction of sp³-hybridized carbons (Fsp3) is 0. The van der Waals surface area contributed by atoms with Crippen molar-refractivity contribution in [1.29, 1.82) is 5.26 Å². The minimum atomic E-state index is 0.516. The van der Waals surface area contributed by atoms with E-state index in [1.54, 1.807) is 0 Å². The van der Waals surface area contributed by atoms with Crippen LogP contribution in [0.3, 0.4) is 0 Å². The number of rotatable bonds is 8. The third-order valence-corrected chi connectivity index (χ3v) is 19.3. The van der Waals surface area contributed by atoms with Gasteiger partial charge < -0.3 is 22.8 Å². The van der Waals surface area contributed by atoms with Gasteiger partial charge in [-0.2, -0.15) is 5.26 Å². The molecule has 430 valence electrons. The molecule has 5 heterocycles. The van der Waals surface area contributed by atoms with E-state index in [9.17, 15) is 5.26 Å². The Labute approximate surface area is 534 Å². The zero-order valence-corrected chi connectivity index (χ0v) is 50.1. The Morgan fingerprint density at radius 2 is 0.570 bits per heavy atom. The van der Waals surface area contributed by atoms with Crippen LogP contribution in [0.2, 0.25) is 0 Å². The molecular formula is C86H51N7. The summed E-state index contributed by atoms with van der Waals surface area (Å²) in [6.07, 6.45) is 0. The second-order valence-corrected chi connectivity index (χ2v) is 24.1. The van der Waals surface area contributed by atoms with Crippen LogP contribution in [0, 0.1) is 17.9 Å². The predicted octanol–water partition coefficient (Wildman–Crippen LogP) is 22.6. The van der Waals surface area contributed by atoms with Crippen LogP contribution in [-0.2, 0) is 0 Å². The molecule has 0 atom stereocenters. The molecular weight excluding hydrogens is 1130 g/mol. The van der Waals surface area contributed by atoms with E-state index < -0.39 is 0 Å². The first-order chi connectivity index (χ1) is 46.1. The molecule has 14 aromatic carbocycles.